The van der Waals surface area contributed by atoms with Gasteiger partial charge in [-0.1, -0.05) is 11.6 Å². The van der Waals surface area contributed by atoms with Crippen LogP contribution in [-0.2, 0) is 6.54 Å². The molecule has 0 aromatic heterocycles. The molecule has 2 rings (SSSR count). The molecule has 0 saturated carbocycles. The maximum atomic E-state index is 12.8. The molecule has 0 spiro atoms. The van der Waals surface area contributed by atoms with Gasteiger partial charge in [0, 0.05) is 35.8 Å². The number of benzene rings is 2. The quantitative estimate of drug-likeness (QED) is 0.545. The molecular formula is C17H16ClN3O6. The van der Waals surface area contributed by atoms with Gasteiger partial charge >= 0.3 is 0 Å². The Morgan fingerprint density at radius 1 is 1.19 bits per heavy atom. The molecule has 0 radical (unpaired) electrons. The van der Waals surface area contributed by atoms with Crippen LogP contribution in [0.3, 0.4) is 0 Å². The summed E-state index contributed by atoms with van der Waals surface area (Å²) in [5.41, 5.74) is -0.441. The molecule has 0 saturated heterocycles. The fraction of sp³-hybridized carbons (Fsp3) is 0.235. The minimum Gasteiger partial charge on any atom is -0.496 e. The summed E-state index contributed by atoms with van der Waals surface area (Å²) >= 11 is 5.98. The van der Waals surface area contributed by atoms with Crippen molar-refractivity contribution in [2.75, 3.05) is 14.2 Å². The first-order valence-corrected chi connectivity index (χ1v) is 8.04. The van der Waals surface area contributed by atoms with Crippen molar-refractivity contribution in [2.24, 2.45) is 0 Å². The van der Waals surface area contributed by atoms with Gasteiger partial charge in [0.2, 0.25) is 0 Å². The average Bonchev–Trinajstić information content (AvgIpc) is 2.61. The Balaban J connectivity index is 2.43. The van der Waals surface area contributed by atoms with Gasteiger partial charge in [0.15, 0.2) is 0 Å². The molecule has 0 fully saturated rings. The minimum atomic E-state index is -0.775. The number of nitrogens with zero attached hydrogens (tertiary/aromatic N) is 3. The number of carbonyl (C=O) groups excluding carboxylic acids is 1. The van der Waals surface area contributed by atoms with Crippen molar-refractivity contribution < 1.29 is 19.4 Å². The molecule has 0 unspecified atom stereocenters. The minimum absolute atomic E-state index is 0.0560. The summed E-state index contributed by atoms with van der Waals surface area (Å²) in [6, 6.07) is 6.80. The van der Waals surface area contributed by atoms with Crippen LogP contribution in [-0.4, -0.2) is 34.8 Å². The van der Waals surface area contributed by atoms with Gasteiger partial charge < -0.3 is 9.64 Å². The van der Waals surface area contributed by atoms with E-state index < -0.39 is 27.1 Å². The maximum absolute atomic E-state index is 12.8. The number of nitro groups is 2. The smallest absolute Gasteiger partial charge is 0.279 e. The van der Waals surface area contributed by atoms with Gasteiger partial charge in [-0.2, -0.15) is 0 Å². The first kappa shape index (κ1) is 20.1. The van der Waals surface area contributed by atoms with Gasteiger partial charge in [0.05, 0.1) is 28.6 Å². The summed E-state index contributed by atoms with van der Waals surface area (Å²) in [5, 5.41) is 22.7. The van der Waals surface area contributed by atoms with Gasteiger partial charge in [-0.05, 0) is 25.1 Å². The van der Waals surface area contributed by atoms with Crippen molar-refractivity contribution in [3.8, 4) is 5.75 Å². The lowest BCUT2D eigenvalue weighted by molar-refractivity contribution is -0.394. The molecule has 9 nitrogen and oxygen atoms in total. The SMILES string of the molecule is COc1ccc(Cl)cc1CN(C)C(=O)c1cc([N+](=O)[O-])cc([N+](=O)[O-])c1C. The van der Waals surface area contributed by atoms with E-state index in [4.69, 9.17) is 16.3 Å². The van der Waals surface area contributed by atoms with Crippen molar-refractivity contribution in [3.63, 3.8) is 0 Å². The molecule has 142 valence electrons. The Bertz CT molecular complexity index is 931. The highest BCUT2D eigenvalue weighted by molar-refractivity contribution is 6.30. The number of methoxy groups -OCH3 is 1. The lowest BCUT2D eigenvalue weighted by Gasteiger charge is -2.20. The summed E-state index contributed by atoms with van der Waals surface area (Å²) < 4.78 is 5.24. The summed E-state index contributed by atoms with van der Waals surface area (Å²) in [7, 11) is 2.95. The lowest BCUT2D eigenvalue weighted by atomic mass is 10.0. The van der Waals surface area contributed by atoms with Gasteiger partial charge in [-0.15, -0.1) is 0 Å². The molecule has 0 aliphatic carbocycles. The van der Waals surface area contributed by atoms with Crippen molar-refractivity contribution in [1.82, 2.24) is 4.90 Å². The van der Waals surface area contributed by atoms with Crippen LogP contribution in [0.1, 0.15) is 21.5 Å². The first-order chi connectivity index (χ1) is 12.6. The van der Waals surface area contributed by atoms with Crippen molar-refractivity contribution >= 4 is 28.9 Å². The summed E-state index contributed by atoms with van der Waals surface area (Å²) in [6.07, 6.45) is 0. The number of carbonyl (C=O) groups is 1. The topological polar surface area (TPSA) is 116 Å². The number of amides is 1. The molecule has 0 N–H and O–H groups in total. The van der Waals surface area contributed by atoms with Crippen molar-refractivity contribution in [3.05, 3.63) is 72.3 Å². The number of hydrogen-bond acceptors (Lipinski definition) is 6. The second kappa shape index (κ2) is 8.00. The van der Waals surface area contributed by atoms with Crippen LogP contribution in [0.25, 0.3) is 0 Å². The van der Waals surface area contributed by atoms with E-state index in [1.807, 2.05) is 0 Å². The molecular weight excluding hydrogens is 378 g/mol. The number of ether oxygens (including phenoxy) is 1. The Morgan fingerprint density at radius 2 is 1.85 bits per heavy atom. The Labute approximate surface area is 159 Å². The third kappa shape index (κ3) is 4.32. The highest BCUT2D eigenvalue weighted by atomic mass is 35.5. The van der Waals surface area contributed by atoms with Crippen LogP contribution in [0.4, 0.5) is 11.4 Å². The molecule has 27 heavy (non-hydrogen) atoms. The summed E-state index contributed by atoms with van der Waals surface area (Å²) in [4.78, 5) is 34.8. The molecule has 0 atom stereocenters. The molecule has 10 heteroatoms. The first-order valence-electron chi connectivity index (χ1n) is 7.67. The molecule has 2 aromatic carbocycles. The third-order valence-corrected chi connectivity index (χ3v) is 4.23. The van der Waals surface area contributed by atoms with Gasteiger partial charge in [0.1, 0.15) is 5.75 Å². The van der Waals surface area contributed by atoms with E-state index in [1.165, 1.54) is 26.0 Å². The molecule has 2 aromatic rings. The van der Waals surface area contributed by atoms with E-state index in [-0.39, 0.29) is 17.7 Å². The molecule has 0 heterocycles. The fourth-order valence-electron chi connectivity index (χ4n) is 2.60. The van der Waals surface area contributed by atoms with E-state index in [9.17, 15) is 25.0 Å². The number of rotatable bonds is 6. The van der Waals surface area contributed by atoms with Gasteiger partial charge in [-0.25, -0.2) is 0 Å². The normalized spacial score (nSPS) is 10.4. The van der Waals surface area contributed by atoms with Crippen LogP contribution in [0.2, 0.25) is 5.02 Å². The zero-order valence-electron chi connectivity index (χ0n) is 14.8. The third-order valence-electron chi connectivity index (χ3n) is 4.00. The molecule has 0 aliphatic heterocycles. The van der Waals surface area contributed by atoms with Crippen molar-refractivity contribution in [1.29, 1.82) is 0 Å². The predicted molar refractivity (Wildman–Crippen MR) is 98.3 cm³/mol. The van der Waals surface area contributed by atoms with Crippen LogP contribution in [0.15, 0.2) is 30.3 Å². The standard InChI is InChI=1S/C17H16ClN3O6/c1-10-14(7-13(20(23)24)8-15(10)21(25)26)17(22)19(2)9-11-6-12(18)4-5-16(11)27-3/h4-8H,9H2,1-3H3. The zero-order valence-corrected chi connectivity index (χ0v) is 15.5. The highest BCUT2D eigenvalue weighted by Gasteiger charge is 2.26. The van der Waals surface area contributed by atoms with Crippen LogP contribution in [0.5, 0.6) is 5.75 Å². The highest BCUT2D eigenvalue weighted by Crippen LogP contribution is 2.30. The lowest BCUT2D eigenvalue weighted by Crippen LogP contribution is -2.27. The molecule has 1 amide bonds. The van der Waals surface area contributed by atoms with E-state index >= 15 is 0 Å². The van der Waals surface area contributed by atoms with Gasteiger partial charge in [-0.3, -0.25) is 25.0 Å². The summed E-state index contributed by atoms with van der Waals surface area (Å²) in [5.74, 6) is -0.0814. The second-order valence-corrected chi connectivity index (χ2v) is 6.21. The van der Waals surface area contributed by atoms with E-state index in [0.29, 0.717) is 16.3 Å². The number of hydrogen-bond donors (Lipinski definition) is 0. The second-order valence-electron chi connectivity index (χ2n) is 5.77. The predicted octanol–water partition coefficient (Wildman–Crippen LogP) is 3.75. The average molecular weight is 394 g/mol. The van der Waals surface area contributed by atoms with E-state index in [1.54, 1.807) is 18.2 Å². The Hall–Kier alpha value is -3.20. The number of halogens is 1. The monoisotopic (exact) mass is 393 g/mol. The maximum Gasteiger partial charge on any atom is 0.279 e. The Kier molecular flexibility index (Phi) is 5.96. The fourth-order valence-corrected chi connectivity index (χ4v) is 2.80. The number of non-ortho nitro benzene ring substituents is 1. The van der Waals surface area contributed by atoms with Gasteiger partial charge in [0.25, 0.3) is 17.3 Å². The number of nitro benzene ring substituents is 2. The van der Waals surface area contributed by atoms with Crippen LogP contribution >= 0.6 is 11.6 Å². The molecule has 0 aliphatic rings. The zero-order chi connectivity index (χ0) is 20.3. The summed E-state index contributed by atoms with van der Waals surface area (Å²) in [6.45, 7) is 1.47. The van der Waals surface area contributed by atoms with Crippen LogP contribution in [0, 0.1) is 27.2 Å². The van der Waals surface area contributed by atoms with Crippen LogP contribution < -0.4 is 4.74 Å². The van der Waals surface area contributed by atoms with Crippen molar-refractivity contribution in [2.45, 2.75) is 13.5 Å². The van der Waals surface area contributed by atoms with E-state index in [0.717, 1.165) is 12.1 Å². The van der Waals surface area contributed by atoms with E-state index in [2.05, 4.69) is 0 Å². The molecule has 0 bridgehead atoms. The Morgan fingerprint density at radius 3 is 2.41 bits per heavy atom. The largest absolute Gasteiger partial charge is 0.496 e.